The van der Waals surface area contributed by atoms with Crippen LogP contribution in [0.3, 0.4) is 0 Å². The lowest BCUT2D eigenvalue weighted by atomic mass is 9.95. The monoisotopic (exact) mass is 387 g/mol. The Bertz CT molecular complexity index is 843. The smallest absolute Gasteiger partial charge is 0.341 e. The highest BCUT2D eigenvalue weighted by Crippen LogP contribution is 2.38. The molecule has 1 aromatic heterocycles. The van der Waals surface area contributed by atoms with Gasteiger partial charge < -0.3 is 14.8 Å². The normalized spacial score (nSPS) is 14.2. The number of carbonyl (C=O) groups is 2. The summed E-state index contributed by atoms with van der Waals surface area (Å²) in [6.45, 7) is 3.85. The van der Waals surface area contributed by atoms with E-state index in [1.54, 1.807) is 0 Å². The fourth-order valence-electron chi connectivity index (χ4n) is 3.33. The molecule has 0 bridgehead atoms. The summed E-state index contributed by atoms with van der Waals surface area (Å²) < 4.78 is 10.9. The fourth-order valence-corrected chi connectivity index (χ4v) is 4.61. The Balaban J connectivity index is 1.83. The van der Waals surface area contributed by atoms with Crippen LogP contribution in [0.2, 0.25) is 0 Å². The average Bonchev–Trinajstić information content (AvgIpc) is 3.04. The van der Waals surface area contributed by atoms with Gasteiger partial charge in [0.1, 0.15) is 10.8 Å². The minimum Gasteiger partial charge on any atom is -0.480 e. The third kappa shape index (κ3) is 4.16. The number of carbonyl (C=O) groups excluding carboxylic acids is 2. The van der Waals surface area contributed by atoms with E-state index < -0.39 is 12.1 Å². The molecule has 0 spiro atoms. The molecule has 27 heavy (non-hydrogen) atoms. The van der Waals surface area contributed by atoms with Crippen molar-refractivity contribution in [3.8, 4) is 5.75 Å². The second kappa shape index (κ2) is 8.57. The number of ether oxygens (including phenoxy) is 2. The van der Waals surface area contributed by atoms with Crippen LogP contribution in [0.15, 0.2) is 24.3 Å². The first-order valence-electron chi connectivity index (χ1n) is 9.31. The van der Waals surface area contributed by atoms with Gasteiger partial charge in [-0.15, -0.1) is 11.3 Å². The van der Waals surface area contributed by atoms with Gasteiger partial charge >= 0.3 is 5.97 Å². The van der Waals surface area contributed by atoms with E-state index >= 15 is 0 Å². The number of hydrogen-bond donors (Lipinski definition) is 1. The Morgan fingerprint density at radius 2 is 1.96 bits per heavy atom. The molecule has 0 saturated heterocycles. The van der Waals surface area contributed by atoms with Gasteiger partial charge in [-0.25, -0.2) is 4.79 Å². The lowest BCUT2D eigenvalue weighted by Crippen LogP contribution is -2.32. The van der Waals surface area contributed by atoms with Crippen LogP contribution in [-0.4, -0.2) is 25.1 Å². The summed E-state index contributed by atoms with van der Waals surface area (Å²) in [7, 11) is 1.37. The largest absolute Gasteiger partial charge is 0.480 e. The van der Waals surface area contributed by atoms with E-state index in [9.17, 15) is 9.59 Å². The van der Waals surface area contributed by atoms with Gasteiger partial charge in [0.2, 0.25) is 0 Å². The van der Waals surface area contributed by atoms with Gasteiger partial charge in [-0.05, 0) is 56.2 Å². The standard InChI is InChI=1S/C21H25NO4S/c1-4-15(26-16-11-7-5-9-13(16)2)19(23)22-20-18(21(24)25-3)14-10-6-8-12-17(14)27-20/h5,7,9,11,15H,4,6,8,10,12H2,1-3H3,(H,22,23). The zero-order valence-electron chi connectivity index (χ0n) is 16.0. The van der Waals surface area contributed by atoms with Gasteiger partial charge in [-0.2, -0.15) is 0 Å². The van der Waals surface area contributed by atoms with E-state index in [1.807, 2.05) is 38.1 Å². The molecule has 5 nitrogen and oxygen atoms in total. The number of nitrogens with one attached hydrogen (secondary N) is 1. The zero-order chi connectivity index (χ0) is 19.4. The van der Waals surface area contributed by atoms with Gasteiger partial charge in [0.05, 0.1) is 12.7 Å². The molecule has 1 aromatic carbocycles. The van der Waals surface area contributed by atoms with E-state index in [0.29, 0.717) is 22.7 Å². The maximum absolute atomic E-state index is 12.9. The van der Waals surface area contributed by atoms with Crippen molar-refractivity contribution in [3.63, 3.8) is 0 Å². The van der Waals surface area contributed by atoms with E-state index in [0.717, 1.165) is 36.8 Å². The molecule has 1 heterocycles. The maximum atomic E-state index is 12.9. The Morgan fingerprint density at radius 3 is 2.67 bits per heavy atom. The first-order chi connectivity index (χ1) is 13.0. The van der Waals surface area contributed by atoms with Crippen LogP contribution in [0.5, 0.6) is 5.75 Å². The van der Waals surface area contributed by atoms with Crippen LogP contribution in [0.25, 0.3) is 0 Å². The van der Waals surface area contributed by atoms with Crippen molar-refractivity contribution in [1.29, 1.82) is 0 Å². The van der Waals surface area contributed by atoms with E-state index in [1.165, 1.54) is 23.3 Å². The third-order valence-electron chi connectivity index (χ3n) is 4.82. The van der Waals surface area contributed by atoms with Crippen LogP contribution < -0.4 is 10.1 Å². The highest BCUT2D eigenvalue weighted by Gasteiger charge is 2.28. The second-order valence-electron chi connectivity index (χ2n) is 6.68. The molecule has 2 aromatic rings. The minimum atomic E-state index is -0.629. The number of amides is 1. The number of hydrogen-bond acceptors (Lipinski definition) is 5. The maximum Gasteiger partial charge on any atom is 0.341 e. The predicted molar refractivity (Wildman–Crippen MR) is 107 cm³/mol. The topological polar surface area (TPSA) is 64.6 Å². The first-order valence-corrected chi connectivity index (χ1v) is 10.1. The molecule has 3 rings (SSSR count). The first kappa shape index (κ1) is 19.4. The van der Waals surface area contributed by atoms with Crippen molar-refractivity contribution in [2.75, 3.05) is 12.4 Å². The van der Waals surface area contributed by atoms with Crippen LogP contribution in [0.1, 0.15) is 52.5 Å². The number of benzene rings is 1. The number of methoxy groups -OCH3 is 1. The number of esters is 1. The predicted octanol–water partition coefficient (Wildman–Crippen LogP) is 4.52. The molecule has 0 radical (unpaired) electrons. The van der Waals surface area contributed by atoms with Crippen molar-refractivity contribution in [3.05, 3.63) is 45.8 Å². The van der Waals surface area contributed by atoms with Gasteiger partial charge in [0.25, 0.3) is 5.91 Å². The lowest BCUT2D eigenvalue weighted by molar-refractivity contribution is -0.122. The summed E-state index contributed by atoms with van der Waals surface area (Å²) in [6.07, 6.45) is 3.85. The number of para-hydroxylation sites is 1. The van der Waals surface area contributed by atoms with Crippen LogP contribution in [0.4, 0.5) is 5.00 Å². The molecule has 1 atom stereocenters. The summed E-state index contributed by atoms with van der Waals surface area (Å²) in [5.74, 6) is 0.0558. The molecule has 0 saturated carbocycles. The fraction of sp³-hybridized carbons (Fsp3) is 0.429. The summed E-state index contributed by atoms with van der Waals surface area (Å²) in [6, 6.07) is 7.62. The number of aryl methyl sites for hydroxylation is 2. The molecular weight excluding hydrogens is 362 g/mol. The van der Waals surface area contributed by atoms with Crippen LogP contribution >= 0.6 is 11.3 Å². The molecule has 1 aliphatic carbocycles. The quantitative estimate of drug-likeness (QED) is 0.740. The van der Waals surface area contributed by atoms with Crippen molar-refractivity contribution in [2.24, 2.45) is 0 Å². The molecule has 0 fully saturated rings. The highest BCUT2D eigenvalue weighted by molar-refractivity contribution is 7.17. The molecule has 144 valence electrons. The second-order valence-corrected chi connectivity index (χ2v) is 7.78. The van der Waals surface area contributed by atoms with Crippen molar-refractivity contribution < 1.29 is 19.1 Å². The average molecular weight is 388 g/mol. The molecule has 1 N–H and O–H groups in total. The lowest BCUT2D eigenvalue weighted by Gasteiger charge is -2.18. The Labute approximate surface area is 163 Å². The molecule has 1 amide bonds. The SMILES string of the molecule is CCC(Oc1ccccc1C)C(=O)Nc1sc2c(c1C(=O)OC)CCCC2. The molecular formula is C21H25NO4S. The van der Waals surface area contributed by atoms with Crippen molar-refractivity contribution >= 4 is 28.2 Å². The van der Waals surface area contributed by atoms with Gasteiger partial charge in [-0.3, -0.25) is 4.79 Å². The van der Waals surface area contributed by atoms with E-state index in [-0.39, 0.29) is 5.91 Å². The summed E-state index contributed by atoms with van der Waals surface area (Å²) in [5, 5.41) is 3.50. The van der Waals surface area contributed by atoms with Gasteiger partial charge in [-0.1, -0.05) is 25.1 Å². The summed E-state index contributed by atoms with van der Waals surface area (Å²) in [5.41, 5.74) is 2.52. The number of anilines is 1. The zero-order valence-corrected chi connectivity index (χ0v) is 16.8. The number of fused-ring (bicyclic) bond motifs is 1. The number of rotatable bonds is 6. The number of thiophene rings is 1. The third-order valence-corrected chi connectivity index (χ3v) is 6.03. The van der Waals surface area contributed by atoms with Crippen LogP contribution in [-0.2, 0) is 22.4 Å². The van der Waals surface area contributed by atoms with E-state index in [4.69, 9.17) is 9.47 Å². The van der Waals surface area contributed by atoms with Gasteiger partial charge in [0, 0.05) is 4.88 Å². The minimum absolute atomic E-state index is 0.246. The van der Waals surface area contributed by atoms with Crippen molar-refractivity contribution in [1.82, 2.24) is 0 Å². The highest BCUT2D eigenvalue weighted by atomic mass is 32.1. The molecule has 0 aliphatic heterocycles. The van der Waals surface area contributed by atoms with Crippen molar-refractivity contribution in [2.45, 2.75) is 52.1 Å². The molecule has 1 unspecified atom stereocenters. The summed E-state index contributed by atoms with van der Waals surface area (Å²) in [4.78, 5) is 26.4. The van der Waals surface area contributed by atoms with Crippen LogP contribution in [0, 0.1) is 6.92 Å². The summed E-state index contributed by atoms with van der Waals surface area (Å²) >= 11 is 1.48. The Morgan fingerprint density at radius 1 is 1.22 bits per heavy atom. The Hall–Kier alpha value is -2.34. The molecule has 1 aliphatic rings. The van der Waals surface area contributed by atoms with Gasteiger partial charge in [0.15, 0.2) is 6.10 Å². The Kier molecular flexibility index (Phi) is 6.16. The van der Waals surface area contributed by atoms with E-state index in [2.05, 4.69) is 5.32 Å². The molecule has 6 heteroatoms.